The summed E-state index contributed by atoms with van der Waals surface area (Å²) in [7, 11) is -3.95. The van der Waals surface area contributed by atoms with Crippen molar-refractivity contribution in [3.05, 3.63) is 82.1 Å². The van der Waals surface area contributed by atoms with Crippen LogP contribution in [0.1, 0.15) is 71.6 Å². The molecular formula is C30H37N5O4S. The Kier molecular flexibility index (Phi) is 8.78. The van der Waals surface area contributed by atoms with E-state index >= 15 is 0 Å². The molecule has 0 unspecified atom stereocenters. The molecule has 2 aromatic heterocycles. The highest BCUT2D eigenvalue weighted by atomic mass is 32.2. The number of aromatic nitrogens is 3. The maximum absolute atomic E-state index is 13.4. The third-order valence-corrected chi connectivity index (χ3v) is 8.35. The first kappa shape index (κ1) is 29.1. The number of aryl methyl sites for hydroxylation is 4. The Morgan fingerprint density at radius 1 is 1.02 bits per heavy atom. The Morgan fingerprint density at radius 3 is 2.40 bits per heavy atom. The van der Waals surface area contributed by atoms with E-state index in [1.807, 2.05) is 49.6 Å². The molecule has 2 N–H and O–H groups in total. The molecule has 1 amide bonds. The summed E-state index contributed by atoms with van der Waals surface area (Å²) < 4.78 is 36.6. The standard InChI is InChI=1S/C30H37N5O4S/c1-7-12-27-32-25(8-2)28(29(36)31-9-3)35(27)18-22-15-16-23(19(4)17-22)24-13-10-11-14-26(24)40(37,38)34-30-20(5)21(6)33-39-30/h10-11,13-17,34H,7-9,12,18H2,1-6H3,(H,31,36). The summed E-state index contributed by atoms with van der Waals surface area (Å²) in [5.74, 6) is 0.881. The van der Waals surface area contributed by atoms with Crippen molar-refractivity contribution >= 4 is 21.8 Å². The van der Waals surface area contributed by atoms with E-state index in [0.29, 0.717) is 42.0 Å². The number of carbonyl (C=O) groups excluding carboxylic acids is 1. The fourth-order valence-electron chi connectivity index (χ4n) is 4.80. The van der Waals surface area contributed by atoms with Crippen LogP contribution in [0.3, 0.4) is 0 Å². The molecule has 2 aromatic carbocycles. The van der Waals surface area contributed by atoms with Crippen molar-refractivity contribution in [2.75, 3.05) is 11.3 Å². The number of anilines is 1. The van der Waals surface area contributed by atoms with Crippen LogP contribution < -0.4 is 10.0 Å². The Hall–Kier alpha value is -3.92. The van der Waals surface area contributed by atoms with E-state index in [4.69, 9.17) is 9.51 Å². The van der Waals surface area contributed by atoms with E-state index in [9.17, 15) is 13.2 Å². The summed E-state index contributed by atoms with van der Waals surface area (Å²) in [4.78, 5) is 17.9. The van der Waals surface area contributed by atoms with Crippen molar-refractivity contribution < 1.29 is 17.7 Å². The summed E-state index contributed by atoms with van der Waals surface area (Å²) in [6.45, 7) is 12.5. The Bertz CT molecular complexity index is 1640. The Balaban J connectivity index is 1.71. The molecule has 0 radical (unpaired) electrons. The largest absolute Gasteiger partial charge is 0.351 e. The van der Waals surface area contributed by atoms with E-state index in [2.05, 4.69) is 22.1 Å². The molecule has 0 atom stereocenters. The third kappa shape index (κ3) is 5.82. The highest BCUT2D eigenvalue weighted by Gasteiger charge is 2.24. The molecule has 9 nitrogen and oxygen atoms in total. The van der Waals surface area contributed by atoms with Gasteiger partial charge in [0.1, 0.15) is 11.5 Å². The van der Waals surface area contributed by atoms with Crippen LogP contribution in [0.4, 0.5) is 5.88 Å². The molecule has 0 saturated heterocycles. The number of hydrogen-bond acceptors (Lipinski definition) is 6. The lowest BCUT2D eigenvalue weighted by Gasteiger charge is -2.16. The molecule has 4 rings (SSSR count). The molecule has 2 heterocycles. The zero-order valence-corrected chi connectivity index (χ0v) is 24.8. The monoisotopic (exact) mass is 563 g/mol. The molecule has 0 fully saturated rings. The Labute approximate surface area is 236 Å². The quantitative estimate of drug-likeness (QED) is 0.246. The van der Waals surface area contributed by atoms with E-state index in [1.165, 1.54) is 0 Å². The van der Waals surface area contributed by atoms with Crippen LogP contribution in [0.25, 0.3) is 11.1 Å². The highest BCUT2D eigenvalue weighted by Crippen LogP contribution is 2.32. The van der Waals surface area contributed by atoms with Crippen molar-refractivity contribution in [2.45, 2.75) is 72.2 Å². The molecule has 0 aliphatic heterocycles. The van der Waals surface area contributed by atoms with Crippen LogP contribution in [0.15, 0.2) is 51.9 Å². The minimum Gasteiger partial charge on any atom is -0.351 e. The van der Waals surface area contributed by atoms with Crippen molar-refractivity contribution in [3.63, 3.8) is 0 Å². The number of benzene rings is 2. The average Bonchev–Trinajstić information content (AvgIpc) is 3.43. The molecule has 4 aromatic rings. The van der Waals surface area contributed by atoms with Gasteiger partial charge in [-0.25, -0.2) is 18.1 Å². The molecule has 0 spiro atoms. The van der Waals surface area contributed by atoms with Crippen LogP contribution >= 0.6 is 0 Å². The van der Waals surface area contributed by atoms with Crippen molar-refractivity contribution in [1.29, 1.82) is 0 Å². The topological polar surface area (TPSA) is 119 Å². The van der Waals surface area contributed by atoms with Gasteiger partial charge in [0.05, 0.1) is 16.3 Å². The van der Waals surface area contributed by atoms with Crippen molar-refractivity contribution in [1.82, 2.24) is 20.0 Å². The summed E-state index contributed by atoms with van der Waals surface area (Å²) in [5.41, 5.74) is 5.96. The summed E-state index contributed by atoms with van der Waals surface area (Å²) in [5, 5.41) is 6.78. The number of hydrogen-bond donors (Lipinski definition) is 2. The first-order valence-electron chi connectivity index (χ1n) is 13.6. The second-order valence-electron chi connectivity index (χ2n) is 9.85. The van der Waals surface area contributed by atoms with E-state index in [1.54, 1.807) is 32.0 Å². The number of imidazole rings is 1. The molecule has 40 heavy (non-hydrogen) atoms. The second-order valence-corrected chi connectivity index (χ2v) is 11.5. The first-order chi connectivity index (χ1) is 19.1. The number of rotatable bonds is 11. The number of amides is 1. The van der Waals surface area contributed by atoms with Gasteiger partial charge in [0.25, 0.3) is 15.9 Å². The number of nitrogens with one attached hydrogen (secondary N) is 2. The van der Waals surface area contributed by atoms with E-state index in [0.717, 1.165) is 41.1 Å². The summed E-state index contributed by atoms with van der Waals surface area (Å²) >= 11 is 0. The molecule has 0 saturated carbocycles. The van der Waals surface area contributed by atoms with Gasteiger partial charge in [-0.15, -0.1) is 0 Å². The molecule has 212 valence electrons. The van der Waals surface area contributed by atoms with Gasteiger partial charge in [0, 0.05) is 30.6 Å². The van der Waals surface area contributed by atoms with Crippen molar-refractivity contribution in [3.8, 4) is 11.1 Å². The SMILES string of the molecule is CCCc1nc(CC)c(C(=O)NCC)n1Cc1ccc(-c2ccccc2S(=O)(=O)Nc2onc(C)c2C)c(C)c1. The van der Waals surface area contributed by atoms with Gasteiger partial charge in [-0.3, -0.25) is 4.79 Å². The van der Waals surface area contributed by atoms with Crippen LogP contribution in [0.5, 0.6) is 0 Å². The predicted octanol–water partition coefficient (Wildman–Crippen LogP) is 5.58. The highest BCUT2D eigenvalue weighted by molar-refractivity contribution is 7.92. The van der Waals surface area contributed by atoms with E-state index in [-0.39, 0.29) is 16.7 Å². The lowest BCUT2D eigenvalue weighted by atomic mass is 9.98. The fraction of sp³-hybridized carbons (Fsp3) is 0.367. The maximum Gasteiger partial charge on any atom is 0.269 e. The zero-order valence-electron chi connectivity index (χ0n) is 24.0. The number of nitrogens with zero attached hydrogens (tertiary/aromatic N) is 3. The smallest absolute Gasteiger partial charge is 0.269 e. The maximum atomic E-state index is 13.4. The van der Waals surface area contributed by atoms with Gasteiger partial charge < -0.3 is 14.4 Å². The van der Waals surface area contributed by atoms with Gasteiger partial charge in [-0.2, -0.15) is 0 Å². The summed E-state index contributed by atoms with van der Waals surface area (Å²) in [6.07, 6.45) is 2.35. The average molecular weight is 564 g/mol. The predicted molar refractivity (Wildman–Crippen MR) is 156 cm³/mol. The molecule has 10 heteroatoms. The number of sulfonamides is 1. The van der Waals surface area contributed by atoms with Crippen LogP contribution in [-0.2, 0) is 29.4 Å². The summed E-state index contributed by atoms with van der Waals surface area (Å²) in [6, 6.07) is 12.8. The zero-order chi connectivity index (χ0) is 29.0. The minimum absolute atomic E-state index is 0.108. The number of carbonyl (C=O) groups is 1. The molecule has 0 bridgehead atoms. The van der Waals surface area contributed by atoms with Gasteiger partial charge in [-0.05, 0) is 63.3 Å². The lowest BCUT2D eigenvalue weighted by Crippen LogP contribution is -2.27. The molecule has 0 aliphatic carbocycles. The van der Waals surface area contributed by atoms with E-state index < -0.39 is 10.0 Å². The molecular weight excluding hydrogens is 526 g/mol. The normalized spacial score (nSPS) is 11.6. The fourth-order valence-corrected chi connectivity index (χ4v) is 6.07. The minimum atomic E-state index is -3.95. The van der Waals surface area contributed by atoms with Gasteiger partial charge >= 0.3 is 0 Å². The molecule has 0 aliphatic rings. The third-order valence-electron chi connectivity index (χ3n) is 6.96. The van der Waals surface area contributed by atoms with Gasteiger partial charge in [-0.1, -0.05) is 55.4 Å². The van der Waals surface area contributed by atoms with Crippen LogP contribution in [0.2, 0.25) is 0 Å². The lowest BCUT2D eigenvalue weighted by molar-refractivity contribution is 0.0945. The van der Waals surface area contributed by atoms with Crippen LogP contribution in [-0.4, -0.2) is 35.6 Å². The van der Waals surface area contributed by atoms with Crippen molar-refractivity contribution in [2.24, 2.45) is 0 Å². The van der Waals surface area contributed by atoms with Gasteiger partial charge in [0.2, 0.25) is 5.88 Å². The van der Waals surface area contributed by atoms with Gasteiger partial charge in [0.15, 0.2) is 0 Å². The second kappa shape index (κ2) is 12.1. The van der Waals surface area contributed by atoms with Crippen LogP contribution in [0, 0.1) is 20.8 Å². The first-order valence-corrected chi connectivity index (χ1v) is 15.1. The Morgan fingerprint density at radius 2 is 1.77 bits per heavy atom.